The minimum absolute atomic E-state index is 0.542. The summed E-state index contributed by atoms with van der Waals surface area (Å²) in [5.41, 5.74) is 8.62. The van der Waals surface area contributed by atoms with Crippen molar-refractivity contribution in [2.45, 2.75) is 0 Å². The fourth-order valence-corrected chi connectivity index (χ4v) is 7.24. The highest BCUT2D eigenvalue weighted by Gasteiger charge is 2.19. The molecule has 5 heteroatoms. The van der Waals surface area contributed by atoms with Crippen molar-refractivity contribution in [2.75, 3.05) is 0 Å². The first-order valence-electron chi connectivity index (χ1n) is 13.7. The molecule has 8 rings (SSSR count). The van der Waals surface area contributed by atoms with Crippen molar-refractivity contribution in [1.82, 2.24) is 4.57 Å². The van der Waals surface area contributed by atoms with Crippen LogP contribution in [0.4, 0.5) is 0 Å². The van der Waals surface area contributed by atoms with Gasteiger partial charge < -0.3 is 14.6 Å². The van der Waals surface area contributed by atoms with E-state index in [0.717, 1.165) is 42.5 Å². The van der Waals surface area contributed by atoms with Crippen LogP contribution in [-0.4, -0.2) is 21.7 Å². The summed E-state index contributed by atoms with van der Waals surface area (Å²) >= 11 is 1.68. The summed E-state index contributed by atoms with van der Waals surface area (Å²) in [6.45, 7) is 0. The SMILES string of the molecule is OB(O)c1cccc2sc3ccc(-c4ccc5c(c4)c4cc(-c6ccccc6)ccc4n5-c4ccccc4)cc3c12. The number of thiophene rings is 1. The number of nitrogens with zero attached hydrogens (tertiary/aromatic N) is 1. The Bertz CT molecular complexity index is 2230. The molecule has 2 aromatic heterocycles. The molecule has 0 saturated heterocycles. The summed E-state index contributed by atoms with van der Waals surface area (Å²) in [6.07, 6.45) is 0. The van der Waals surface area contributed by atoms with Crippen LogP contribution in [0.2, 0.25) is 0 Å². The van der Waals surface area contributed by atoms with Gasteiger partial charge in [0.1, 0.15) is 0 Å². The number of fused-ring (bicyclic) bond motifs is 6. The summed E-state index contributed by atoms with van der Waals surface area (Å²) in [4.78, 5) is 0. The fourth-order valence-electron chi connectivity index (χ4n) is 6.12. The molecule has 0 fully saturated rings. The zero-order valence-corrected chi connectivity index (χ0v) is 22.8. The predicted octanol–water partition coefficient (Wildman–Crippen LogP) is 8.17. The van der Waals surface area contributed by atoms with E-state index in [0.29, 0.717) is 5.46 Å². The van der Waals surface area contributed by atoms with Crippen molar-refractivity contribution < 1.29 is 10.0 Å². The maximum absolute atomic E-state index is 10.1. The van der Waals surface area contributed by atoms with Gasteiger partial charge in [-0.1, -0.05) is 78.9 Å². The van der Waals surface area contributed by atoms with Gasteiger partial charge in [0.25, 0.3) is 0 Å². The number of para-hydroxylation sites is 1. The first-order valence-corrected chi connectivity index (χ1v) is 14.5. The Morgan fingerprint density at radius 2 is 1.07 bits per heavy atom. The van der Waals surface area contributed by atoms with Crippen LogP contribution in [0.25, 0.3) is 69.9 Å². The van der Waals surface area contributed by atoms with Crippen LogP contribution in [0, 0.1) is 0 Å². The molecule has 0 saturated carbocycles. The van der Waals surface area contributed by atoms with Gasteiger partial charge in [0.2, 0.25) is 0 Å². The summed E-state index contributed by atoms with van der Waals surface area (Å²) in [5.74, 6) is 0. The summed E-state index contributed by atoms with van der Waals surface area (Å²) < 4.78 is 4.52. The monoisotopic (exact) mass is 545 g/mol. The summed E-state index contributed by atoms with van der Waals surface area (Å²) in [5, 5.41) is 24.5. The second-order valence-corrected chi connectivity index (χ2v) is 11.5. The average molecular weight is 545 g/mol. The normalized spacial score (nSPS) is 11.7. The molecular formula is C36H24BNO2S. The lowest BCUT2D eigenvalue weighted by Crippen LogP contribution is -2.30. The first kappa shape index (κ1) is 24.1. The maximum atomic E-state index is 10.1. The highest BCUT2D eigenvalue weighted by molar-refractivity contribution is 7.26. The van der Waals surface area contributed by atoms with Gasteiger partial charge in [-0.15, -0.1) is 11.3 Å². The lowest BCUT2D eigenvalue weighted by Gasteiger charge is -2.09. The van der Waals surface area contributed by atoms with E-state index < -0.39 is 7.12 Å². The minimum Gasteiger partial charge on any atom is -0.423 e. The third-order valence-electron chi connectivity index (χ3n) is 8.03. The van der Waals surface area contributed by atoms with Gasteiger partial charge in [0, 0.05) is 36.6 Å². The van der Waals surface area contributed by atoms with Gasteiger partial charge in [0.05, 0.1) is 11.0 Å². The molecule has 0 radical (unpaired) electrons. The van der Waals surface area contributed by atoms with Crippen LogP contribution >= 0.6 is 11.3 Å². The Hall–Kier alpha value is -4.68. The highest BCUT2D eigenvalue weighted by atomic mass is 32.1. The molecule has 0 atom stereocenters. The van der Waals surface area contributed by atoms with Crippen molar-refractivity contribution in [3.05, 3.63) is 133 Å². The number of benzene rings is 6. The van der Waals surface area contributed by atoms with Crippen LogP contribution < -0.4 is 5.46 Å². The van der Waals surface area contributed by atoms with E-state index in [4.69, 9.17) is 0 Å². The third-order valence-corrected chi connectivity index (χ3v) is 9.16. The van der Waals surface area contributed by atoms with Crippen LogP contribution in [0.5, 0.6) is 0 Å². The molecule has 8 aromatic rings. The molecule has 0 aliphatic carbocycles. The van der Waals surface area contributed by atoms with E-state index in [2.05, 4.69) is 114 Å². The van der Waals surface area contributed by atoms with Gasteiger partial charge in [-0.2, -0.15) is 0 Å². The van der Waals surface area contributed by atoms with Crippen molar-refractivity contribution in [3.63, 3.8) is 0 Å². The highest BCUT2D eigenvalue weighted by Crippen LogP contribution is 2.39. The summed E-state index contributed by atoms with van der Waals surface area (Å²) in [6, 6.07) is 46.7. The molecule has 194 valence electrons. The molecule has 6 aromatic carbocycles. The Morgan fingerprint density at radius 3 is 1.73 bits per heavy atom. The van der Waals surface area contributed by atoms with Gasteiger partial charge in [0.15, 0.2) is 0 Å². The van der Waals surface area contributed by atoms with Gasteiger partial charge >= 0.3 is 7.12 Å². The van der Waals surface area contributed by atoms with Crippen LogP contribution in [0.15, 0.2) is 133 Å². The number of aromatic nitrogens is 1. The van der Waals surface area contributed by atoms with Crippen molar-refractivity contribution >= 4 is 65.9 Å². The number of hydrogen-bond acceptors (Lipinski definition) is 3. The van der Waals surface area contributed by atoms with E-state index >= 15 is 0 Å². The molecular weight excluding hydrogens is 521 g/mol. The molecule has 0 spiro atoms. The lowest BCUT2D eigenvalue weighted by atomic mass is 9.77. The summed E-state index contributed by atoms with van der Waals surface area (Å²) in [7, 11) is -1.51. The zero-order valence-electron chi connectivity index (χ0n) is 22.0. The minimum atomic E-state index is -1.51. The Labute approximate surface area is 241 Å². The zero-order chi connectivity index (χ0) is 27.5. The third kappa shape index (κ3) is 3.90. The lowest BCUT2D eigenvalue weighted by molar-refractivity contribution is 0.426. The average Bonchev–Trinajstić information content (AvgIpc) is 3.56. The molecule has 2 N–H and O–H groups in total. The fraction of sp³-hybridized carbons (Fsp3) is 0. The smallest absolute Gasteiger partial charge is 0.423 e. The predicted molar refractivity (Wildman–Crippen MR) is 174 cm³/mol. The Morgan fingerprint density at radius 1 is 0.488 bits per heavy atom. The van der Waals surface area contributed by atoms with Crippen LogP contribution in [0.1, 0.15) is 0 Å². The largest absolute Gasteiger partial charge is 0.489 e. The van der Waals surface area contributed by atoms with E-state index in [-0.39, 0.29) is 0 Å². The van der Waals surface area contributed by atoms with E-state index in [1.165, 1.54) is 27.4 Å². The van der Waals surface area contributed by atoms with Gasteiger partial charge in [-0.25, -0.2) is 0 Å². The van der Waals surface area contributed by atoms with Crippen LogP contribution in [0.3, 0.4) is 0 Å². The van der Waals surface area contributed by atoms with E-state index in [1.54, 1.807) is 17.4 Å². The molecule has 0 aliphatic rings. The topological polar surface area (TPSA) is 45.4 Å². The van der Waals surface area contributed by atoms with Gasteiger partial charge in [-0.05, 0) is 82.3 Å². The molecule has 41 heavy (non-hydrogen) atoms. The number of hydrogen-bond donors (Lipinski definition) is 2. The van der Waals surface area contributed by atoms with Gasteiger partial charge in [-0.3, -0.25) is 0 Å². The molecule has 2 heterocycles. The Balaban J connectivity index is 1.38. The second-order valence-electron chi connectivity index (χ2n) is 10.4. The maximum Gasteiger partial charge on any atom is 0.489 e. The second kappa shape index (κ2) is 9.46. The molecule has 0 unspecified atom stereocenters. The Kier molecular flexibility index (Phi) is 5.57. The van der Waals surface area contributed by atoms with Crippen molar-refractivity contribution in [3.8, 4) is 27.9 Å². The quantitative estimate of drug-likeness (QED) is 0.219. The van der Waals surface area contributed by atoms with Crippen molar-refractivity contribution in [1.29, 1.82) is 0 Å². The van der Waals surface area contributed by atoms with Crippen LogP contribution in [-0.2, 0) is 0 Å². The standard InChI is InChI=1S/C36H24BNO2S/c39-37(40)31-12-7-13-35-36(31)30-22-26(16-19-34(30)41-35)25-15-18-33-29(21-25)28-20-24(23-8-3-1-4-9-23)14-17-32(28)38(33)27-10-5-2-6-11-27/h1-22,39-40H. The molecule has 0 aliphatic heterocycles. The molecule has 0 bridgehead atoms. The molecule has 0 amide bonds. The van der Waals surface area contributed by atoms with E-state index in [9.17, 15) is 10.0 Å². The van der Waals surface area contributed by atoms with E-state index in [1.807, 2.05) is 18.2 Å². The van der Waals surface area contributed by atoms with Crippen molar-refractivity contribution in [2.24, 2.45) is 0 Å². The molecule has 3 nitrogen and oxygen atoms in total. The first-order chi connectivity index (χ1) is 20.2. The number of rotatable bonds is 4.